The molecule has 1 aliphatic carbocycles. The van der Waals surface area contributed by atoms with Gasteiger partial charge in [0.25, 0.3) is 0 Å². The molecule has 0 radical (unpaired) electrons. The van der Waals surface area contributed by atoms with Crippen LogP contribution in [0.15, 0.2) is 47.7 Å². The summed E-state index contributed by atoms with van der Waals surface area (Å²) in [5.41, 5.74) is 0.143. The summed E-state index contributed by atoms with van der Waals surface area (Å²) in [4.78, 5) is 12.3. The molecule has 1 aromatic carbocycles. The number of hydrogen-bond acceptors (Lipinski definition) is 3. The number of nitrogens with one attached hydrogen (secondary N) is 2. The van der Waals surface area contributed by atoms with E-state index >= 15 is 0 Å². The fraction of sp³-hybridized carbons (Fsp3) is 0.400. The minimum absolute atomic E-state index is 0.0364. The number of ketones is 1. The van der Waals surface area contributed by atoms with Gasteiger partial charge < -0.3 is 5.32 Å². The van der Waals surface area contributed by atoms with Gasteiger partial charge in [-0.3, -0.25) is 9.89 Å². The van der Waals surface area contributed by atoms with Gasteiger partial charge in [0.15, 0.2) is 11.6 Å². The zero-order valence-corrected chi connectivity index (χ0v) is 15.4. The van der Waals surface area contributed by atoms with Gasteiger partial charge >= 0.3 is 6.18 Å². The first-order valence-electron chi connectivity index (χ1n) is 8.79. The number of aromatic amines is 1. The monoisotopic (exact) mass is 377 g/mol. The Morgan fingerprint density at radius 1 is 1.07 bits per heavy atom. The Morgan fingerprint density at radius 2 is 1.63 bits per heavy atom. The molecule has 4 rings (SSSR count). The molecule has 0 fully saturated rings. The van der Waals surface area contributed by atoms with Gasteiger partial charge in [0.2, 0.25) is 0 Å². The smallest absolute Gasteiger partial charge is 0.342 e. The Kier molecular flexibility index (Phi) is 4.88. The zero-order chi connectivity index (χ0) is 19.8. The lowest BCUT2D eigenvalue weighted by Crippen LogP contribution is -2.33. The lowest BCUT2D eigenvalue weighted by atomic mass is 9.71. The van der Waals surface area contributed by atoms with Crippen LogP contribution >= 0.6 is 0 Å². The van der Waals surface area contributed by atoms with Crippen molar-refractivity contribution in [2.24, 2.45) is 5.41 Å². The quantitative estimate of drug-likeness (QED) is 0.656. The molecule has 0 saturated heterocycles. The van der Waals surface area contributed by atoms with Crippen LogP contribution < -0.4 is 5.32 Å². The van der Waals surface area contributed by atoms with Crippen molar-refractivity contribution in [1.29, 1.82) is 0 Å². The van der Waals surface area contributed by atoms with Crippen LogP contribution in [0.3, 0.4) is 0 Å². The molecule has 0 bridgehead atoms. The fourth-order valence-electron chi connectivity index (χ4n) is 3.70. The molecule has 2 aromatic rings. The topological polar surface area (TPSA) is 57.8 Å². The molecular formula is C20H22F3N3O. The van der Waals surface area contributed by atoms with Crippen LogP contribution in [0.2, 0.25) is 0 Å². The van der Waals surface area contributed by atoms with Crippen molar-refractivity contribution >= 4 is 11.6 Å². The summed E-state index contributed by atoms with van der Waals surface area (Å²) in [5.74, 6) is -0.504. The van der Waals surface area contributed by atoms with E-state index in [1.807, 2.05) is 50.2 Å². The highest BCUT2D eigenvalue weighted by molar-refractivity contribution is 6.00. The lowest BCUT2D eigenvalue weighted by Gasteiger charge is -2.37. The molecule has 27 heavy (non-hydrogen) atoms. The van der Waals surface area contributed by atoms with Gasteiger partial charge in [-0.05, 0) is 11.8 Å². The number of rotatable bonds is 0. The van der Waals surface area contributed by atoms with Gasteiger partial charge in [0.1, 0.15) is 5.69 Å². The summed E-state index contributed by atoms with van der Waals surface area (Å²) in [6.45, 7) is 5.58. The normalized spacial score (nSPS) is 20.8. The number of H-pyrrole nitrogens is 1. The second-order valence-corrected chi connectivity index (χ2v) is 7.69. The van der Waals surface area contributed by atoms with Crippen molar-refractivity contribution in [1.82, 2.24) is 10.2 Å². The Morgan fingerprint density at radius 3 is 2.15 bits per heavy atom. The molecule has 0 amide bonds. The number of fused-ring (bicyclic) bond motifs is 1. The van der Waals surface area contributed by atoms with E-state index in [9.17, 15) is 18.0 Å². The first kappa shape index (κ1) is 19.2. The lowest BCUT2D eigenvalue weighted by molar-refractivity contribution is -0.142. The van der Waals surface area contributed by atoms with E-state index in [1.54, 1.807) is 6.92 Å². The van der Waals surface area contributed by atoms with E-state index in [-0.39, 0.29) is 22.6 Å². The molecule has 2 aliphatic rings. The number of Topliss-reactive ketones (excluding diaryl/α,β-unsaturated/α-hetero) is 1. The molecule has 1 aliphatic heterocycles. The third-order valence-electron chi connectivity index (χ3n) is 4.81. The maximum atomic E-state index is 13.0. The molecule has 1 unspecified atom stereocenters. The molecular weight excluding hydrogens is 355 g/mol. The first-order valence-corrected chi connectivity index (χ1v) is 8.79. The van der Waals surface area contributed by atoms with Gasteiger partial charge in [0.05, 0.1) is 0 Å². The third kappa shape index (κ3) is 3.91. The molecule has 2 N–H and O–H groups in total. The molecule has 1 atom stereocenters. The van der Waals surface area contributed by atoms with Gasteiger partial charge in [-0.15, -0.1) is 0 Å². The zero-order valence-electron chi connectivity index (χ0n) is 15.4. The molecule has 4 nitrogen and oxygen atoms in total. The number of nitrogens with zero attached hydrogens (tertiary/aromatic N) is 1. The van der Waals surface area contributed by atoms with Crippen molar-refractivity contribution < 1.29 is 18.0 Å². The van der Waals surface area contributed by atoms with Crippen molar-refractivity contribution in [3.05, 3.63) is 58.9 Å². The summed E-state index contributed by atoms with van der Waals surface area (Å²) in [7, 11) is 0. The Labute approximate surface area is 155 Å². The highest BCUT2D eigenvalue weighted by Gasteiger charge is 2.45. The van der Waals surface area contributed by atoms with Gasteiger partial charge in [0, 0.05) is 29.2 Å². The summed E-state index contributed by atoms with van der Waals surface area (Å²) < 4.78 is 39.1. The van der Waals surface area contributed by atoms with E-state index in [1.165, 1.54) is 0 Å². The van der Waals surface area contributed by atoms with Crippen LogP contribution in [0.5, 0.6) is 0 Å². The van der Waals surface area contributed by atoms with Crippen molar-refractivity contribution in [2.75, 3.05) is 5.32 Å². The second kappa shape index (κ2) is 6.87. The minimum atomic E-state index is -4.51. The third-order valence-corrected chi connectivity index (χ3v) is 4.81. The van der Waals surface area contributed by atoms with E-state index in [0.29, 0.717) is 24.1 Å². The molecule has 0 spiro atoms. The minimum Gasteiger partial charge on any atom is -0.342 e. The number of halogens is 3. The van der Waals surface area contributed by atoms with Gasteiger partial charge in [-0.25, -0.2) is 0 Å². The molecule has 7 heteroatoms. The SMILES string of the molecule is CC1C2=C(CC(C)(C)CC2=O)Nc2n[nH]c(C(F)(F)F)c21.c1ccccc1. The first-order chi connectivity index (χ1) is 12.6. The average molecular weight is 377 g/mol. The highest BCUT2D eigenvalue weighted by atomic mass is 19.4. The van der Waals surface area contributed by atoms with Gasteiger partial charge in [-0.2, -0.15) is 18.3 Å². The number of benzene rings is 1. The summed E-state index contributed by atoms with van der Waals surface area (Å²) >= 11 is 0. The number of hydrogen-bond donors (Lipinski definition) is 2. The van der Waals surface area contributed by atoms with E-state index in [0.717, 1.165) is 0 Å². The summed E-state index contributed by atoms with van der Waals surface area (Å²) in [6, 6.07) is 12.0. The van der Waals surface area contributed by atoms with Crippen molar-refractivity contribution in [3.8, 4) is 0 Å². The number of anilines is 1. The maximum Gasteiger partial charge on any atom is 0.433 e. The van der Waals surface area contributed by atoms with Crippen LogP contribution in [-0.2, 0) is 11.0 Å². The Balaban J connectivity index is 0.000000299. The number of carbonyl (C=O) groups is 1. The van der Waals surface area contributed by atoms with Crippen LogP contribution in [0, 0.1) is 5.41 Å². The van der Waals surface area contributed by atoms with Gasteiger partial charge in [-0.1, -0.05) is 57.2 Å². The molecule has 1 aromatic heterocycles. The van der Waals surface area contributed by atoms with Crippen molar-refractivity contribution in [3.63, 3.8) is 0 Å². The number of allylic oxidation sites excluding steroid dienone is 2. The molecule has 0 saturated carbocycles. The van der Waals surface area contributed by atoms with E-state index in [2.05, 4.69) is 15.5 Å². The summed E-state index contributed by atoms with van der Waals surface area (Å²) in [5, 5.41) is 8.72. The summed E-state index contributed by atoms with van der Waals surface area (Å²) in [6.07, 6.45) is -3.52. The Hall–Kier alpha value is -2.57. The fourth-order valence-corrected chi connectivity index (χ4v) is 3.70. The van der Waals surface area contributed by atoms with Crippen LogP contribution in [0.25, 0.3) is 0 Å². The molecule has 2 heterocycles. The predicted octanol–water partition coefficient (Wildman–Crippen LogP) is 5.29. The highest BCUT2D eigenvalue weighted by Crippen LogP contribution is 2.48. The average Bonchev–Trinajstić information content (AvgIpc) is 3.00. The van der Waals surface area contributed by atoms with Crippen molar-refractivity contribution in [2.45, 2.75) is 45.7 Å². The largest absolute Gasteiger partial charge is 0.433 e. The van der Waals surface area contributed by atoms with E-state index in [4.69, 9.17) is 0 Å². The number of alkyl halides is 3. The molecule has 144 valence electrons. The maximum absolute atomic E-state index is 13.0. The predicted molar refractivity (Wildman–Crippen MR) is 97.1 cm³/mol. The number of aromatic nitrogens is 2. The standard InChI is InChI=1S/C14H16F3N3O.C6H6/c1-6-9-7(4-13(2,3)5-8(9)21)18-12-10(6)11(19-20-12)14(15,16)17;1-2-4-6-5-3-1/h6H,4-5H2,1-3H3,(H2,18,19,20);1-6H. The number of carbonyl (C=O) groups excluding carboxylic acids is 1. The van der Waals surface area contributed by atoms with Crippen LogP contribution in [0.4, 0.5) is 19.0 Å². The van der Waals surface area contributed by atoms with Crippen LogP contribution in [-0.4, -0.2) is 16.0 Å². The second-order valence-electron chi connectivity index (χ2n) is 7.69. The van der Waals surface area contributed by atoms with E-state index < -0.39 is 17.8 Å². The Bertz CT molecular complexity index is 840. The van der Waals surface area contributed by atoms with Crippen LogP contribution in [0.1, 0.15) is 50.8 Å².